The van der Waals surface area contributed by atoms with Crippen molar-refractivity contribution in [3.05, 3.63) is 23.8 Å². The fourth-order valence-electron chi connectivity index (χ4n) is 4.05. The molecule has 1 nitrogen and oxygen atoms in total. The first-order valence-electron chi connectivity index (χ1n) is 8.92. The van der Waals surface area contributed by atoms with Crippen LogP contribution in [0, 0.1) is 17.8 Å². The zero-order chi connectivity index (χ0) is 15.4. The zero-order valence-electron chi connectivity index (χ0n) is 14.5. The van der Waals surface area contributed by atoms with Gasteiger partial charge in [0, 0.05) is 5.92 Å². The normalized spacial score (nSPS) is 34.2. The number of rotatable bonds is 5. The van der Waals surface area contributed by atoms with Crippen molar-refractivity contribution in [2.45, 2.75) is 84.8 Å². The third kappa shape index (κ3) is 4.98. The van der Waals surface area contributed by atoms with Gasteiger partial charge in [-0.1, -0.05) is 37.6 Å². The van der Waals surface area contributed by atoms with Crippen LogP contribution in [0.3, 0.4) is 0 Å². The Morgan fingerprint density at radius 1 is 1.38 bits per heavy atom. The molecule has 1 heteroatoms. The summed E-state index contributed by atoms with van der Waals surface area (Å²) in [6.45, 7) is 13.5. The lowest BCUT2D eigenvalue weighted by Crippen LogP contribution is -2.40. The van der Waals surface area contributed by atoms with Crippen LogP contribution in [0.15, 0.2) is 23.8 Å². The Labute approximate surface area is 131 Å². The van der Waals surface area contributed by atoms with Crippen molar-refractivity contribution >= 4 is 0 Å². The van der Waals surface area contributed by atoms with Crippen LogP contribution in [0.5, 0.6) is 0 Å². The molecular formula is C20H34O. The molecule has 0 spiro atoms. The van der Waals surface area contributed by atoms with Crippen LogP contribution in [0.2, 0.25) is 0 Å². The smallest absolute Gasteiger partial charge is 0.0646 e. The van der Waals surface area contributed by atoms with E-state index in [1.807, 2.05) is 0 Å². The van der Waals surface area contributed by atoms with Crippen LogP contribution in [0.1, 0.15) is 72.6 Å². The molecular weight excluding hydrogens is 256 g/mol. The molecule has 0 bridgehead atoms. The van der Waals surface area contributed by atoms with E-state index in [-0.39, 0.29) is 0 Å². The average molecular weight is 290 g/mol. The van der Waals surface area contributed by atoms with Gasteiger partial charge in [-0.3, -0.25) is 0 Å². The SMILES string of the molecule is C=C1C[C@H](C[C@H](C)CCC=C(C)C)O[C@@H]2C[C@H](C)CC[C@H]12. The molecule has 120 valence electrons. The molecule has 21 heavy (non-hydrogen) atoms. The zero-order valence-corrected chi connectivity index (χ0v) is 14.5. The predicted octanol–water partition coefficient (Wildman–Crippen LogP) is 5.91. The van der Waals surface area contributed by atoms with E-state index in [0.717, 1.165) is 18.3 Å². The van der Waals surface area contributed by atoms with Gasteiger partial charge in [0.25, 0.3) is 0 Å². The summed E-state index contributed by atoms with van der Waals surface area (Å²) in [5.74, 6) is 2.22. The molecule has 5 atom stereocenters. The lowest BCUT2D eigenvalue weighted by Gasteiger charge is -2.43. The summed E-state index contributed by atoms with van der Waals surface area (Å²) in [6.07, 6.45) is 11.9. The van der Waals surface area contributed by atoms with Gasteiger partial charge in [-0.2, -0.15) is 0 Å². The van der Waals surface area contributed by atoms with Crippen molar-refractivity contribution in [1.82, 2.24) is 0 Å². The molecule has 1 saturated carbocycles. The van der Waals surface area contributed by atoms with Crippen LogP contribution < -0.4 is 0 Å². The molecule has 0 aromatic carbocycles. The summed E-state index contributed by atoms with van der Waals surface area (Å²) in [4.78, 5) is 0. The van der Waals surface area contributed by atoms with Gasteiger partial charge in [0.15, 0.2) is 0 Å². The molecule has 0 radical (unpaired) electrons. The Hall–Kier alpha value is -0.560. The van der Waals surface area contributed by atoms with E-state index in [9.17, 15) is 0 Å². The molecule has 1 heterocycles. The molecule has 2 aliphatic rings. The van der Waals surface area contributed by atoms with Crippen LogP contribution in [0.4, 0.5) is 0 Å². The van der Waals surface area contributed by atoms with Gasteiger partial charge in [-0.15, -0.1) is 0 Å². The second kappa shape index (κ2) is 7.63. The minimum atomic E-state index is 0.422. The number of fused-ring (bicyclic) bond motifs is 1. The van der Waals surface area contributed by atoms with Crippen molar-refractivity contribution in [3.8, 4) is 0 Å². The minimum absolute atomic E-state index is 0.422. The largest absolute Gasteiger partial charge is 0.374 e. The Balaban J connectivity index is 1.81. The Kier molecular flexibility index (Phi) is 6.10. The summed E-state index contributed by atoms with van der Waals surface area (Å²) < 4.78 is 6.45. The number of ether oxygens (including phenoxy) is 1. The lowest BCUT2D eigenvalue weighted by atomic mass is 9.74. The average Bonchev–Trinajstić information content (AvgIpc) is 2.37. The van der Waals surface area contributed by atoms with E-state index in [1.54, 1.807) is 0 Å². The molecule has 2 rings (SSSR count). The second-order valence-electron chi connectivity index (χ2n) is 7.88. The number of hydrogen-bond acceptors (Lipinski definition) is 1. The molecule has 1 saturated heterocycles. The molecule has 0 aromatic rings. The maximum absolute atomic E-state index is 6.45. The first-order chi connectivity index (χ1) is 9.95. The number of hydrogen-bond donors (Lipinski definition) is 0. The summed E-state index contributed by atoms with van der Waals surface area (Å²) in [6, 6.07) is 0. The third-order valence-electron chi connectivity index (χ3n) is 5.31. The highest BCUT2D eigenvalue weighted by atomic mass is 16.5. The van der Waals surface area contributed by atoms with E-state index < -0.39 is 0 Å². The maximum Gasteiger partial charge on any atom is 0.0646 e. The molecule has 0 N–H and O–H groups in total. The molecule has 2 fully saturated rings. The van der Waals surface area contributed by atoms with Gasteiger partial charge in [0.1, 0.15) is 0 Å². The monoisotopic (exact) mass is 290 g/mol. The quantitative estimate of drug-likeness (QED) is 0.572. The van der Waals surface area contributed by atoms with Gasteiger partial charge in [0.05, 0.1) is 12.2 Å². The molecule has 1 aliphatic carbocycles. The van der Waals surface area contributed by atoms with E-state index in [0.29, 0.717) is 18.1 Å². The first-order valence-corrected chi connectivity index (χ1v) is 8.92. The maximum atomic E-state index is 6.45. The standard InChI is InChI=1S/C20H34O/c1-14(2)7-6-8-15(3)11-18-13-17(5)19-10-9-16(4)12-20(19)21-18/h7,15-16,18-20H,5-6,8-13H2,1-4H3/t15-,16-,18+,19-,20-/m1/s1. The third-order valence-corrected chi connectivity index (χ3v) is 5.31. The Morgan fingerprint density at radius 3 is 2.86 bits per heavy atom. The van der Waals surface area contributed by atoms with Crippen molar-refractivity contribution in [1.29, 1.82) is 0 Å². The van der Waals surface area contributed by atoms with Crippen molar-refractivity contribution in [2.24, 2.45) is 17.8 Å². The van der Waals surface area contributed by atoms with Crippen LogP contribution in [-0.4, -0.2) is 12.2 Å². The van der Waals surface area contributed by atoms with E-state index >= 15 is 0 Å². The van der Waals surface area contributed by atoms with Gasteiger partial charge in [-0.05, 0) is 70.6 Å². The van der Waals surface area contributed by atoms with Crippen molar-refractivity contribution < 1.29 is 4.74 Å². The van der Waals surface area contributed by atoms with E-state index in [1.165, 1.54) is 49.7 Å². The molecule has 0 unspecified atom stereocenters. The Morgan fingerprint density at radius 2 is 2.14 bits per heavy atom. The fourth-order valence-corrected chi connectivity index (χ4v) is 4.05. The van der Waals surface area contributed by atoms with Crippen LogP contribution in [-0.2, 0) is 4.74 Å². The van der Waals surface area contributed by atoms with Crippen LogP contribution in [0.25, 0.3) is 0 Å². The van der Waals surface area contributed by atoms with Gasteiger partial charge in [-0.25, -0.2) is 0 Å². The minimum Gasteiger partial charge on any atom is -0.374 e. The summed E-state index contributed by atoms with van der Waals surface area (Å²) in [7, 11) is 0. The topological polar surface area (TPSA) is 9.23 Å². The van der Waals surface area contributed by atoms with Crippen molar-refractivity contribution in [2.75, 3.05) is 0 Å². The summed E-state index contributed by atoms with van der Waals surface area (Å²) in [5.41, 5.74) is 2.91. The molecule has 1 aliphatic heterocycles. The molecule has 0 aromatic heterocycles. The predicted molar refractivity (Wildman–Crippen MR) is 91.4 cm³/mol. The fraction of sp³-hybridized carbons (Fsp3) is 0.800. The molecule has 0 amide bonds. The lowest BCUT2D eigenvalue weighted by molar-refractivity contribution is -0.0906. The van der Waals surface area contributed by atoms with E-state index in [4.69, 9.17) is 4.74 Å². The summed E-state index contributed by atoms with van der Waals surface area (Å²) >= 11 is 0. The van der Waals surface area contributed by atoms with Gasteiger partial charge in [0.2, 0.25) is 0 Å². The van der Waals surface area contributed by atoms with Gasteiger partial charge >= 0.3 is 0 Å². The first kappa shape index (κ1) is 16.8. The Bertz CT molecular complexity index is 377. The van der Waals surface area contributed by atoms with Crippen LogP contribution >= 0.6 is 0 Å². The highest BCUT2D eigenvalue weighted by Gasteiger charge is 2.37. The second-order valence-corrected chi connectivity index (χ2v) is 7.88. The number of allylic oxidation sites excluding steroid dienone is 2. The highest BCUT2D eigenvalue weighted by molar-refractivity contribution is 5.10. The van der Waals surface area contributed by atoms with Crippen molar-refractivity contribution in [3.63, 3.8) is 0 Å². The highest BCUT2D eigenvalue weighted by Crippen LogP contribution is 2.41. The van der Waals surface area contributed by atoms with Gasteiger partial charge < -0.3 is 4.74 Å². The van der Waals surface area contributed by atoms with E-state index in [2.05, 4.69) is 40.3 Å². The summed E-state index contributed by atoms with van der Waals surface area (Å²) in [5, 5.41) is 0.